The first kappa shape index (κ1) is 13.3. The van der Waals surface area contributed by atoms with Gasteiger partial charge in [-0.25, -0.2) is 4.98 Å². The molecular formula is C15H24N2O. The lowest BCUT2D eigenvalue weighted by molar-refractivity contribution is 0.110. The Morgan fingerprint density at radius 2 is 2.17 bits per heavy atom. The van der Waals surface area contributed by atoms with Gasteiger partial charge in [-0.2, -0.15) is 0 Å². The number of rotatable bonds is 5. The summed E-state index contributed by atoms with van der Waals surface area (Å²) in [4.78, 5) is 6.78. The van der Waals surface area contributed by atoms with Crippen molar-refractivity contribution in [3.05, 3.63) is 24.4 Å². The molecule has 1 aromatic rings. The van der Waals surface area contributed by atoms with E-state index >= 15 is 0 Å². The van der Waals surface area contributed by atoms with Crippen molar-refractivity contribution in [2.75, 3.05) is 19.7 Å². The van der Waals surface area contributed by atoms with Gasteiger partial charge in [0.25, 0.3) is 0 Å². The summed E-state index contributed by atoms with van der Waals surface area (Å²) < 4.78 is 5.74. The fourth-order valence-electron chi connectivity index (χ4n) is 2.45. The van der Waals surface area contributed by atoms with Gasteiger partial charge in [0, 0.05) is 18.3 Å². The normalized spacial score (nSPS) is 19.7. The summed E-state index contributed by atoms with van der Waals surface area (Å²) in [5.74, 6) is 1.44. The lowest BCUT2D eigenvalue weighted by atomic mass is 9.96. The molecular weight excluding hydrogens is 224 g/mol. The van der Waals surface area contributed by atoms with Crippen LogP contribution in [0.15, 0.2) is 24.4 Å². The predicted molar refractivity (Wildman–Crippen MR) is 73.8 cm³/mol. The van der Waals surface area contributed by atoms with Crippen molar-refractivity contribution in [2.24, 2.45) is 5.92 Å². The summed E-state index contributed by atoms with van der Waals surface area (Å²) in [5.41, 5.74) is 0. The van der Waals surface area contributed by atoms with Crippen molar-refractivity contribution >= 4 is 0 Å². The quantitative estimate of drug-likeness (QED) is 0.801. The van der Waals surface area contributed by atoms with Gasteiger partial charge >= 0.3 is 0 Å². The maximum absolute atomic E-state index is 5.74. The Morgan fingerprint density at radius 3 is 2.78 bits per heavy atom. The topological polar surface area (TPSA) is 25.4 Å². The van der Waals surface area contributed by atoms with Crippen molar-refractivity contribution in [3.63, 3.8) is 0 Å². The molecule has 0 amide bonds. The Morgan fingerprint density at radius 1 is 1.39 bits per heavy atom. The zero-order chi connectivity index (χ0) is 12.8. The van der Waals surface area contributed by atoms with Gasteiger partial charge in [0.1, 0.15) is 0 Å². The first-order chi connectivity index (χ1) is 8.79. The largest absolute Gasteiger partial charge is 0.477 e. The number of hydrogen-bond donors (Lipinski definition) is 0. The fourth-order valence-corrected chi connectivity index (χ4v) is 2.45. The molecule has 1 aromatic heterocycles. The number of pyridine rings is 1. The number of piperidine rings is 1. The lowest BCUT2D eigenvalue weighted by Crippen LogP contribution is -2.40. The van der Waals surface area contributed by atoms with Gasteiger partial charge in [-0.05, 0) is 51.3 Å². The Labute approximate surface area is 110 Å². The second-order valence-corrected chi connectivity index (χ2v) is 5.22. The maximum atomic E-state index is 5.74. The van der Waals surface area contributed by atoms with Crippen molar-refractivity contribution in [3.8, 4) is 5.88 Å². The molecule has 0 radical (unpaired) electrons. The fraction of sp³-hybridized carbons (Fsp3) is 0.667. The van der Waals surface area contributed by atoms with Crippen LogP contribution in [0, 0.1) is 5.92 Å². The van der Waals surface area contributed by atoms with Crippen LogP contribution in [0.3, 0.4) is 0 Å². The molecule has 0 N–H and O–H groups in total. The van der Waals surface area contributed by atoms with Gasteiger partial charge in [0.05, 0.1) is 6.61 Å². The number of nitrogens with zero attached hydrogens (tertiary/aromatic N) is 2. The Hall–Kier alpha value is -1.09. The molecule has 2 heterocycles. The molecule has 2 rings (SSSR count). The minimum atomic E-state index is 0.687. The summed E-state index contributed by atoms with van der Waals surface area (Å²) >= 11 is 0. The van der Waals surface area contributed by atoms with Crippen LogP contribution in [0.25, 0.3) is 0 Å². The number of likely N-dealkylation sites (tertiary alicyclic amines) is 1. The van der Waals surface area contributed by atoms with Crippen LogP contribution in [0.2, 0.25) is 0 Å². The molecule has 3 nitrogen and oxygen atoms in total. The van der Waals surface area contributed by atoms with Crippen LogP contribution in [0.5, 0.6) is 5.88 Å². The molecule has 100 valence electrons. The first-order valence-corrected chi connectivity index (χ1v) is 7.07. The second kappa shape index (κ2) is 6.74. The van der Waals surface area contributed by atoms with Crippen LogP contribution in [0.4, 0.5) is 0 Å². The molecule has 0 saturated carbocycles. The van der Waals surface area contributed by atoms with E-state index in [0.717, 1.165) is 18.5 Å². The van der Waals surface area contributed by atoms with Gasteiger partial charge in [-0.1, -0.05) is 13.0 Å². The summed E-state index contributed by atoms with van der Waals surface area (Å²) in [6.07, 6.45) is 5.52. The van der Waals surface area contributed by atoms with Gasteiger partial charge in [-0.15, -0.1) is 0 Å². The monoisotopic (exact) mass is 248 g/mol. The van der Waals surface area contributed by atoms with Crippen molar-refractivity contribution in [1.82, 2.24) is 9.88 Å². The standard InChI is InChI=1S/C15H24N2O/c1-3-13(2)17-10-7-14(8-11-17)12-18-15-6-4-5-9-16-15/h4-6,9,13-14H,3,7-8,10-12H2,1-2H3. The first-order valence-electron chi connectivity index (χ1n) is 7.07. The SMILES string of the molecule is CCC(C)N1CCC(COc2ccccn2)CC1. The maximum Gasteiger partial charge on any atom is 0.213 e. The highest BCUT2D eigenvalue weighted by Crippen LogP contribution is 2.20. The zero-order valence-corrected chi connectivity index (χ0v) is 11.5. The Bertz CT molecular complexity index is 334. The molecule has 1 fully saturated rings. The summed E-state index contributed by atoms with van der Waals surface area (Å²) in [5, 5.41) is 0. The van der Waals surface area contributed by atoms with Crippen molar-refractivity contribution in [1.29, 1.82) is 0 Å². The van der Waals surface area contributed by atoms with E-state index in [1.54, 1.807) is 6.20 Å². The molecule has 0 aliphatic carbocycles. The van der Waals surface area contributed by atoms with E-state index in [9.17, 15) is 0 Å². The number of aromatic nitrogens is 1. The number of hydrogen-bond acceptors (Lipinski definition) is 3. The highest BCUT2D eigenvalue weighted by molar-refractivity contribution is 5.09. The van der Waals surface area contributed by atoms with Crippen LogP contribution in [-0.2, 0) is 0 Å². The zero-order valence-electron chi connectivity index (χ0n) is 11.5. The van der Waals surface area contributed by atoms with Crippen molar-refractivity contribution in [2.45, 2.75) is 39.2 Å². The molecule has 1 atom stereocenters. The molecule has 3 heteroatoms. The van der Waals surface area contributed by atoms with Crippen LogP contribution < -0.4 is 4.74 Å². The molecule has 0 spiro atoms. The molecule has 18 heavy (non-hydrogen) atoms. The third-order valence-corrected chi connectivity index (χ3v) is 3.97. The van der Waals surface area contributed by atoms with E-state index < -0.39 is 0 Å². The van der Waals surface area contributed by atoms with Crippen LogP contribution >= 0.6 is 0 Å². The average Bonchev–Trinajstić information content (AvgIpc) is 2.46. The van der Waals surface area contributed by atoms with Crippen molar-refractivity contribution < 1.29 is 4.74 Å². The minimum Gasteiger partial charge on any atom is -0.477 e. The molecule has 1 aliphatic rings. The lowest BCUT2D eigenvalue weighted by Gasteiger charge is -2.35. The highest BCUT2D eigenvalue weighted by atomic mass is 16.5. The third-order valence-electron chi connectivity index (χ3n) is 3.97. The van der Waals surface area contributed by atoms with E-state index in [1.807, 2.05) is 18.2 Å². The molecule has 1 aliphatic heterocycles. The predicted octanol–water partition coefficient (Wildman–Crippen LogP) is 2.97. The summed E-state index contributed by atoms with van der Waals surface area (Å²) in [6.45, 7) is 7.83. The Balaban J connectivity index is 1.71. The molecule has 0 bridgehead atoms. The van der Waals surface area contributed by atoms with E-state index in [-0.39, 0.29) is 0 Å². The van der Waals surface area contributed by atoms with Gasteiger partial charge < -0.3 is 9.64 Å². The van der Waals surface area contributed by atoms with E-state index in [1.165, 1.54) is 32.4 Å². The van der Waals surface area contributed by atoms with Gasteiger partial charge in [0.15, 0.2) is 0 Å². The Kier molecular flexibility index (Phi) is 5.00. The molecule has 1 unspecified atom stereocenters. The third kappa shape index (κ3) is 3.70. The summed E-state index contributed by atoms with van der Waals surface area (Å²) in [7, 11) is 0. The minimum absolute atomic E-state index is 0.687. The van der Waals surface area contributed by atoms with E-state index in [2.05, 4.69) is 23.7 Å². The van der Waals surface area contributed by atoms with E-state index in [0.29, 0.717) is 5.92 Å². The van der Waals surface area contributed by atoms with E-state index in [4.69, 9.17) is 4.74 Å². The highest BCUT2D eigenvalue weighted by Gasteiger charge is 2.22. The summed E-state index contributed by atoms with van der Waals surface area (Å²) in [6, 6.07) is 6.53. The van der Waals surface area contributed by atoms with Crippen LogP contribution in [0.1, 0.15) is 33.1 Å². The average molecular weight is 248 g/mol. The second-order valence-electron chi connectivity index (χ2n) is 5.22. The van der Waals surface area contributed by atoms with Crippen LogP contribution in [-0.4, -0.2) is 35.6 Å². The van der Waals surface area contributed by atoms with Gasteiger partial charge in [0.2, 0.25) is 5.88 Å². The number of ether oxygens (including phenoxy) is 1. The molecule has 1 saturated heterocycles. The molecule has 0 aromatic carbocycles. The van der Waals surface area contributed by atoms with Gasteiger partial charge in [-0.3, -0.25) is 0 Å². The smallest absolute Gasteiger partial charge is 0.213 e.